The zero-order valence-corrected chi connectivity index (χ0v) is 11.0. The van der Waals surface area contributed by atoms with Crippen LogP contribution in [0, 0.1) is 5.92 Å². The Labute approximate surface area is 118 Å². The number of hydrogen-bond donors (Lipinski definition) is 0. The lowest BCUT2D eigenvalue weighted by atomic mass is 10.0. The lowest BCUT2D eigenvalue weighted by molar-refractivity contribution is -0.169. The fourth-order valence-corrected chi connectivity index (χ4v) is 1.79. The van der Waals surface area contributed by atoms with Crippen molar-refractivity contribution in [3.8, 4) is 5.75 Å². The number of benzene rings is 1. The van der Waals surface area contributed by atoms with Gasteiger partial charge in [-0.05, 0) is 12.1 Å². The van der Waals surface area contributed by atoms with E-state index in [1.807, 2.05) is 6.07 Å². The van der Waals surface area contributed by atoms with E-state index < -0.39 is 17.7 Å². The van der Waals surface area contributed by atoms with Gasteiger partial charge in [-0.2, -0.15) is 4.79 Å². The van der Waals surface area contributed by atoms with Gasteiger partial charge < -0.3 is 15.2 Å². The zero-order chi connectivity index (χ0) is 14.4. The van der Waals surface area contributed by atoms with E-state index in [-0.39, 0.29) is 18.1 Å². The summed E-state index contributed by atoms with van der Waals surface area (Å²) in [6, 6.07) is 8.61. The minimum absolute atomic E-state index is 0.0834. The van der Waals surface area contributed by atoms with Crippen LogP contribution in [0.15, 0.2) is 30.3 Å². The first-order valence-corrected chi connectivity index (χ1v) is 6.43. The first-order chi connectivity index (χ1) is 9.70. The molecule has 1 aliphatic rings. The Hall–Kier alpha value is -2.15. The van der Waals surface area contributed by atoms with E-state index >= 15 is 0 Å². The maximum Gasteiger partial charge on any atom is 0.422 e. The van der Waals surface area contributed by atoms with Gasteiger partial charge >= 0.3 is 11.0 Å². The van der Waals surface area contributed by atoms with Gasteiger partial charge in [0.1, 0.15) is 6.61 Å². The van der Waals surface area contributed by atoms with Crippen molar-refractivity contribution in [2.45, 2.75) is 6.42 Å². The summed E-state index contributed by atoms with van der Waals surface area (Å²) in [5.74, 6) is -0.986. The van der Waals surface area contributed by atoms with Gasteiger partial charge in [0.25, 0.3) is 5.78 Å². The number of para-hydroxylation sites is 1. The molecule has 0 aliphatic carbocycles. The zero-order valence-electron chi connectivity index (χ0n) is 10.2. The second-order valence-corrected chi connectivity index (χ2v) is 4.60. The van der Waals surface area contributed by atoms with Crippen LogP contribution in [0.1, 0.15) is 6.42 Å². The lowest BCUT2D eigenvalue weighted by Crippen LogP contribution is -2.37. The van der Waals surface area contributed by atoms with E-state index in [9.17, 15) is 9.59 Å². The summed E-state index contributed by atoms with van der Waals surface area (Å²) in [5, 5.41) is -0.291. The fraction of sp³-hybridized carbons (Fsp3) is 0.250. The maximum atomic E-state index is 11.7. The molecule has 1 heterocycles. The maximum absolute atomic E-state index is 11.7. The van der Waals surface area contributed by atoms with Crippen molar-refractivity contribution in [2.75, 3.05) is 6.61 Å². The summed E-state index contributed by atoms with van der Waals surface area (Å²) in [6.45, 7) is 0.204. The summed E-state index contributed by atoms with van der Waals surface area (Å²) in [6.07, 6.45) is -0.0834. The monoisotopic (exact) mass is 294 g/mol. The Bertz CT molecular complexity index is 556. The van der Waals surface area contributed by atoms with Crippen molar-refractivity contribution >= 4 is 28.8 Å². The first-order valence-electron chi connectivity index (χ1n) is 5.69. The van der Waals surface area contributed by atoms with Gasteiger partial charge in [0.15, 0.2) is 17.8 Å². The van der Waals surface area contributed by atoms with Crippen molar-refractivity contribution in [2.24, 2.45) is 5.92 Å². The van der Waals surface area contributed by atoms with Crippen LogP contribution in [-0.2, 0) is 18.7 Å². The van der Waals surface area contributed by atoms with E-state index in [0.29, 0.717) is 17.8 Å². The number of cyclic esters (lactones) is 1. The number of rotatable bonds is 6. The molecule has 0 spiro atoms. The second kappa shape index (κ2) is 6.85. The van der Waals surface area contributed by atoms with Crippen LogP contribution in [0.3, 0.4) is 0 Å². The first kappa shape index (κ1) is 14.3. The molecule has 0 radical (unpaired) electrons. The summed E-state index contributed by atoms with van der Waals surface area (Å²) < 4.78 is 9.28. The smallest absolute Gasteiger partial charge is 0.422 e. The molecule has 0 saturated carbocycles. The minimum atomic E-state index is -0.518. The van der Waals surface area contributed by atoms with Gasteiger partial charge in [-0.3, -0.25) is 9.59 Å². The Morgan fingerprint density at radius 3 is 2.75 bits per heavy atom. The van der Waals surface area contributed by atoms with E-state index in [1.54, 1.807) is 24.3 Å². The molecule has 1 atom stereocenters. The highest BCUT2D eigenvalue weighted by molar-refractivity contribution is 8.11. The molecule has 7 nitrogen and oxygen atoms in total. The third kappa shape index (κ3) is 3.67. The van der Waals surface area contributed by atoms with Crippen LogP contribution >= 0.6 is 12.0 Å². The molecule has 1 unspecified atom stereocenters. The van der Waals surface area contributed by atoms with E-state index in [4.69, 9.17) is 14.8 Å². The van der Waals surface area contributed by atoms with E-state index in [2.05, 4.69) is 9.53 Å². The topological polar surface area (TPSA) is 98.2 Å². The quantitative estimate of drug-likeness (QED) is 0.115. The summed E-state index contributed by atoms with van der Waals surface area (Å²) in [4.78, 5) is 30.4. The van der Waals surface area contributed by atoms with Gasteiger partial charge in [-0.15, -0.1) is 4.33 Å². The van der Waals surface area contributed by atoms with Crippen molar-refractivity contribution in [1.82, 2.24) is 0 Å². The Balaban J connectivity index is 1.79. The molecule has 8 heteroatoms. The van der Waals surface area contributed by atoms with Crippen LogP contribution in [-0.4, -0.2) is 28.2 Å². The minimum Gasteiger partial charge on any atom is -0.464 e. The molecule has 1 aliphatic heterocycles. The number of hydrogen-bond acceptors (Lipinski definition) is 6. The van der Waals surface area contributed by atoms with Gasteiger partial charge in [-0.25, -0.2) is 0 Å². The second-order valence-electron chi connectivity index (χ2n) is 3.91. The molecule has 1 aromatic rings. The lowest BCUT2D eigenvalue weighted by Gasteiger charge is -2.22. The summed E-state index contributed by atoms with van der Waals surface area (Å²) >= 11 is 0.478. The molecule has 0 aromatic heterocycles. The van der Waals surface area contributed by atoms with Crippen LogP contribution in [0.2, 0.25) is 0 Å². The molecule has 1 saturated heterocycles. The highest BCUT2D eigenvalue weighted by Crippen LogP contribution is 2.19. The molecule has 2 rings (SSSR count). The number of carbonyl (C=O) groups is 2. The van der Waals surface area contributed by atoms with E-state index in [1.165, 1.54) is 0 Å². The Kier molecular flexibility index (Phi) is 4.89. The average Bonchev–Trinajstić information content (AvgIpc) is 2.48. The number of ketones is 1. The molecule has 1 aromatic carbocycles. The molecule has 0 N–H and O–H groups in total. The van der Waals surface area contributed by atoms with Crippen LogP contribution in [0.5, 0.6) is 5.75 Å². The SMILES string of the molecule is [N-]=[N+]=C(SOOc1ccccc1)C(=O)CC1COC1=O. The van der Waals surface area contributed by atoms with Crippen LogP contribution in [0.4, 0.5) is 0 Å². The molecular formula is C12H10N2O5S. The predicted octanol–water partition coefficient (Wildman–Crippen LogP) is 1.41. The molecule has 20 heavy (non-hydrogen) atoms. The van der Waals surface area contributed by atoms with Gasteiger partial charge in [0, 0.05) is 6.42 Å². The van der Waals surface area contributed by atoms with Crippen molar-refractivity contribution in [3.63, 3.8) is 0 Å². The van der Waals surface area contributed by atoms with Crippen molar-refractivity contribution in [3.05, 3.63) is 35.9 Å². The molecule has 0 bridgehead atoms. The highest BCUT2D eigenvalue weighted by Gasteiger charge is 2.36. The van der Waals surface area contributed by atoms with E-state index in [0.717, 1.165) is 0 Å². The third-order valence-electron chi connectivity index (χ3n) is 2.51. The number of nitrogens with zero attached hydrogens (tertiary/aromatic N) is 2. The Morgan fingerprint density at radius 1 is 1.45 bits per heavy atom. The molecule has 104 valence electrons. The van der Waals surface area contributed by atoms with Crippen molar-refractivity contribution in [1.29, 1.82) is 0 Å². The standard InChI is InChI=1S/C12H10N2O5S/c13-14-11(10(15)6-8-7-17-12(8)16)20-19-18-9-4-2-1-3-5-9/h1-5,8H,6-7H2. The fourth-order valence-electron chi connectivity index (χ4n) is 1.41. The van der Waals surface area contributed by atoms with Gasteiger partial charge in [-0.1, -0.05) is 18.2 Å². The number of Topliss-reactive ketones (excluding diaryl/α,β-unsaturated/α-hetero) is 1. The third-order valence-corrected chi connectivity index (χ3v) is 3.11. The van der Waals surface area contributed by atoms with Gasteiger partial charge in [0.2, 0.25) is 0 Å². The largest absolute Gasteiger partial charge is 0.464 e. The summed E-state index contributed by atoms with van der Waals surface area (Å²) in [7, 11) is 0. The molecule has 0 amide bonds. The van der Waals surface area contributed by atoms with Crippen molar-refractivity contribution < 1.29 is 28.3 Å². The number of esters is 1. The normalized spacial score (nSPS) is 16.6. The molecule has 1 fully saturated rings. The highest BCUT2D eigenvalue weighted by atomic mass is 32.2. The molecular weight excluding hydrogens is 284 g/mol. The average molecular weight is 294 g/mol. The number of carbonyl (C=O) groups excluding carboxylic acids is 2. The predicted molar refractivity (Wildman–Crippen MR) is 68.4 cm³/mol. The van der Waals surface area contributed by atoms with Crippen LogP contribution in [0.25, 0.3) is 5.53 Å². The van der Waals surface area contributed by atoms with Gasteiger partial charge in [0.05, 0.1) is 5.92 Å². The Morgan fingerprint density at radius 2 is 2.20 bits per heavy atom. The van der Waals surface area contributed by atoms with Crippen LogP contribution < -0.4 is 4.89 Å². The number of ether oxygens (including phenoxy) is 1. The summed E-state index contributed by atoms with van der Waals surface area (Å²) in [5.41, 5.74) is 8.76.